The predicted molar refractivity (Wildman–Crippen MR) is 82.3 cm³/mol. The number of carbonyl (C=O) groups excluding carboxylic acids is 2. The highest BCUT2D eigenvalue weighted by Gasteiger charge is 2.39. The number of nitrogens with zero attached hydrogens (tertiary/aromatic N) is 1. The first kappa shape index (κ1) is 15.7. The van der Waals surface area contributed by atoms with Crippen LogP contribution in [-0.2, 0) is 15.1 Å². The molecule has 0 fully saturated rings. The van der Waals surface area contributed by atoms with Gasteiger partial charge in [-0.2, -0.15) is 0 Å². The Morgan fingerprint density at radius 2 is 1.86 bits per heavy atom. The first-order chi connectivity index (χ1) is 10.5. The minimum Gasteiger partial charge on any atom is -0.467 e. The molecule has 5 heteroatoms. The second-order valence-corrected chi connectivity index (χ2v) is 5.16. The molecule has 0 aliphatic carbocycles. The van der Waals surface area contributed by atoms with Gasteiger partial charge in [-0.25, -0.2) is 4.79 Å². The first-order valence-corrected chi connectivity index (χ1v) is 6.86. The maximum atomic E-state index is 12.4. The van der Waals surface area contributed by atoms with Crippen molar-refractivity contribution in [2.24, 2.45) is 0 Å². The van der Waals surface area contributed by atoms with Gasteiger partial charge >= 0.3 is 5.97 Å². The molecule has 2 aromatic rings. The van der Waals surface area contributed by atoms with Crippen LogP contribution in [0.5, 0.6) is 0 Å². The summed E-state index contributed by atoms with van der Waals surface area (Å²) < 4.78 is 4.85. The minimum atomic E-state index is -1.35. The molecule has 0 aliphatic rings. The van der Waals surface area contributed by atoms with Crippen LogP contribution in [0.25, 0.3) is 0 Å². The number of esters is 1. The van der Waals surface area contributed by atoms with Crippen molar-refractivity contribution >= 4 is 11.9 Å². The van der Waals surface area contributed by atoms with Gasteiger partial charge in [-0.3, -0.25) is 9.78 Å². The summed E-state index contributed by atoms with van der Waals surface area (Å²) >= 11 is 0. The van der Waals surface area contributed by atoms with E-state index in [2.05, 4.69) is 10.3 Å². The molecule has 1 aromatic heterocycles. The second-order valence-electron chi connectivity index (χ2n) is 5.16. The lowest BCUT2D eigenvalue weighted by Gasteiger charge is -2.27. The Kier molecular flexibility index (Phi) is 4.56. The summed E-state index contributed by atoms with van der Waals surface area (Å²) in [5, 5.41) is 2.73. The zero-order chi connectivity index (χ0) is 16.2. The molecule has 0 aliphatic heterocycles. The number of benzene rings is 1. The Labute approximate surface area is 129 Å². The molecule has 114 valence electrons. The number of nitrogens with one attached hydrogen (secondary N) is 1. The number of rotatable bonds is 4. The largest absolute Gasteiger partial charge is 0.467 e. The van der Waals surface area contributed by atoms with Crippen molar-refractivity contribution in [1.82, 2.24) is 10.3 Å². The number of methoxy groups -OCH3 is 1. The van der Waals surface area contributed by atoms with E-state index in [0.717, 1.165) is 5.56 Å². The van der Waals surface area contributed by atoms with Gasteiger partial charge in [0, 0.05) is 11.8 Å². The molecule has 5 nitrogen and oxygen atoms in total. The summed E-state index contributed by atoms with van der Waals surface area (Å²) in [5.41, 5.74) is 0.483. The molecular weight excluding hydrogens is 280 g/mol. The smallest absolute Gasteiger partial charge is 0.337 e. The number of aromatic nitrogens is 1. The maximum Gasteiger partial charge on any atom is 0.337 e. The summed E-state index contributed by atoms with van der Waals surface area (Å²) in [7, 11) is 1.28. The SMILES string of the molecule is COC(=O)C(C)(NC(=O)c1ccccc1)c1cc(C)ccn1. The van der Waals surface area contributed by atoms with E-state index < -0.39 is 11.5 Å². The first-order valence-electron chi connectivity index (χ1n) is 6.86. The fourth-order valence-electron chi connectivity index (χ4n) is 2.12. The third-order valence-corrected chi connectivity index (χ3v) is 3.42. The third kappa shape index (κ3) is 3.14. The van der Waals surface area contributed by atoms with Crippen molar-refractivity contribution in [3.63, 3.8) is 0 Å². The van der Waals surface area contributed by atoms with Crippen LogP contribution < -0.4 is 5.32 Å². The van der Waals surface area contributed by atoms with Crippen molar-refractivity contribution in [3.8, 4) is 0 Å². The highest BCUT2D eigenvalue weighted by Crippen LogP contribution is 2.22. The fourth-order valence-corrected chi connectivity index (χ4v) is 2.12. The van der Waals surface area contributed by atoms with Crippen LogP contribution >= 0.6 is 0 Å². The van der Waals surface area contributed by atoms with Crippen LogP contribution in [0, 0.1) is 6.92 Å². The molecule has 0 bridgehead atoms. The molecule has 0 spiro atoms. The van der Waals surface area contributed by atoms with Gasteiger partial charge in [0.2, 0.25) is 0 Å². The monoisotopic (exact) mass is 298 g/mol. The van der Waals surface area contributed by atoms with Gasteiger partial charge in [-0.15, -0.1) is 0 Å². The number of hydrogen-bond acceptors (Lipinski definition) is 4. The van der Waals surface area contributed by atoms with Gasteiger partial charge in [0.05, 0.1) is 12.8 Å². The Hall–Kier alpha value is -2.69. The quantitative estimate of drug-likeness (QED) is 0.879. The molecule has 1 N–H and O–H groups in total. The number of aryl methyl sites for hydroxylation is 1. The lowest BCUT2D eigenvalue weighted by atomic mass is 9.95. The molecular formula is C17H18N2O3. The number of ether oxygens (including phenoxy) is 1. The van der Waals surface area contributed by atoms with E-state index in [1.54, 1.807) is 43.5 Å². The van der Waals surface area contributed by atoms with E-state index in [-0.39, 0.29) is 5.91 Å². The van der Waals surface area contributed by atoms with Gasteiger partial charge in [0.15, 0.2) is 5.54 Å². The van der Waals surface area contributed by atoms with Crippen LogP contribution in [0.4, 0.5) is 0 Å². The molecule has 0 radical (unpaired) electrons. The van der Waals surface area contributed by atoms with Crippen molar-refractivity contribution < 1.29 is 14.3 Å². The number of amides is 1. The third-order valence-electron chi connectivity index (χ3n) is 3.42. The van der Waals surface area contributed by atoms with Gasteiger partial charge in [-0.1, -0.05) is 18.2 Å². The topological polar surface area (TPSA) is 68.3 Å². The van der Waals surface area contributed by atoms with E-state index in [1.165, 1.54) is 7.11 Å². The van der Waals surface area contributed by atoms with Crippen LogP contribution in [0.3, 0.4) is 0 Å². The molecule has 22 heavy (non-hydrogen) atoms. The molecule has 0 saturated heterocycles. The van der Waals surface area contributed by atoms with Crippen LogP contribution in [0.2, 0.25) is 0 Å². The molecule has 1 heterocycles. The van der Waals surface area contributed by atoms with Gasteiger partial charge in [-0.05, 0) is 43.7 Å². The van der Waals surface area contributed by atoms with Crippen molar-refractivity contribution in [2.45, 2.75) is 19.4 Å². The minimum absolute atomic E-state index is 0.364. The molecule has 1 unspecified atom stereocenters. The zero-order valence-electron chi connectivity index (χ0n) is 12.8. The lowest BCUT2D eigenvalue weighted by molar-refractivity contribution is -0.148. The Bertz CT molecular complexity index is 685. The average molecular weight is 298 g/mol. The number of hydrogen-bond donors (Lipinski definition) is 1. The van der Waals surface area contributed by atoms with Gasteiger partial charge in [0.1, 0.15) is 0 Å². The highest BCUT2D eigenvalue weighted by atomic mass is 16.5. The summed E-state index contributed by atoms with van der Waals surface area (Å²) in [6.45, 7) is 3.48. The standard InChI is InChI=1S/C17H18N2O3/c1-12-9-10-18-14(11-12)17(2,16(21)22-3)19-15(20)13-7-5-4-6-8-13/h4-11H,1-3H3,(H,19,20). The second kappa shape index (κ2) is 6.39. The predicted octanol–water partition coefficient (Wildman–Crippen LogP) is 2.21. The van der Waals surface area contributed by atoms with E-state index >= 15 is 0 Å². The van der Waals surface area contributed by atoms with Crippen LogP contribution in [0.15, 0.2) is 48.7 Å². The van der Waals surface area contributed by atoms with E-state index in [4.69, 9.17) is 4.74 Å². The molecule has 1 amide bonds. The number of carbonyl (C=O) groups is 2. The van der Waals surface area contributed by atoms with Gasteiger partial charge < -0.3 is 10.1 Å². The van der Waals surface area contributed by atoms with E-state index in [0.29, 0.717) is 11.3 Å². The molecule has 2 rings (SSSR count). The average Bonchev–Trinajstić information content (AvgIpc) is 2.54. The van der Waals surface area contributed by atoms with E-state index in [1.807, 2.05) is 19.1 Å². The Balaban J connectivity index is 2.38. The molecule has 1 atom stereocenters. The van der Waals surface area contributed by atoms with E-state index in [9.17, 15) is 9.59 Å². The van der Waals surface area contributed by atoms with Crippen molar-refractivity contribution in [1.29, 1.82) is 0 Å². The van der Waals surface area contributed by atoms with Crippen LogP contribution in [0.1, 0.15) is 28.5 Å². The summed E-state index contributed by atoms with van der Waals surface area (Å²) in [6, 6.07) is 12.3. The summed E-state index contributed by atoms with van der Waals surface area (Å²) in [6.07, 6.45) is 1.60. The van der Waals surface area contributed by atoms with Crippen LogP contribution in [-0.4, -0.2) is 24.0 Å². The Morgan fingerprint density at radius 1 is 1.18 bits per heavy atom. The highest BCUT2D eigenvalue weighted by molar-refractivity contribution is 5.98. The summed E-state index contributed by atoms with van der Waals surface area (Å²) in [5.74, 6) is -0.938. The van der Waals surface area contributed by atoms with Crippen molar-refractivity contribution in [2.75, 3.05) is 7.11 Å². The zero-order valence-corrected chi connectivity index (χ0v) is 12.8. The van der Waals surface area contributed by atoms with Gasteiger partial charge in [0.25, 0.3) is 5.91 Å². The normalized spacial score (nSPS) is 13.0. The number of pyridine rings is 1. The lowest BCUT2D eigenvalue weighted by Crippen LogP contribution is -2.50. The Morgan fingerprint density at radius 3 is 2.45 bits per heavy atom. The van der Waals surface area contributed by atoms with Crippen molar-refractivity contribution in [3.05, 3.63) is 65.5 Å². The summed E-state index contributed by atoms with van der Waals surface area (Å²) in [4.78, 5) is 28.8. The molecule has 1 aromatic carbocycles. The fraction of sp³-hybridized carbons (Fsp3) is 0.235. The molecule has 0 saturated carbocycles. The maximum absolute atomic E-state index is 12.4.